The Bertz CT molecular complexity index is 794. The van der Waals surface area contributed by atoms with E-state index in [1.807, 2.05) is 19.1 Å². The number of Topliss-reactive ketones (excluding diaryl/α,β-unsaturated/α-hetero) is 1. The standard InChI is InChI=1S/C22H27NO3/c1-13-18(21(25)26-5)19(20-16(23-13)7-6-8-17(20)24)14-9-11-15(12-10-14)22(2,3)4/h7,9-12,19-20,23H,6,8H2,1-5H3. The Morgan fingerprint density at radius 2 is 1.81 bits per heavy atom. The fourth-order valence-corrected chi connectivity index (χ4v) is 3.94. The van der Waals surface area contributed by atoms with Gasteiger partial charge in [0.1, 0.15) is 5.78 Å². The minimum Gasteiger partial charge on any atom is -0.466 e. The maximum atomic E-state index is 12.7. The number of benzene rings is 1. The van der Waals surface area contributed by atoms with E-state index in [0.29, 0.717) is 12.0 Å². The zero-order chi connectivity index (χ0) is 19.1. The number of carbonyl (C=O) groups is 2. The third-order valence-electron chi connectivity index (χ3n) is 5.36. The molecule has 26 heavy (non-hydrogen) atoms. The van der Waals surface area contributed by atoms with E-state index in [-0.39, 0.29) is 29.0 Å². The Morgan fingerprint density at radius 3 is 2.38 bits per heavy atom. The number of hydrogen-bond donors (Lipinski definition) is 1. The number of rotatable bonds is 2. The van der Waals surface area contributed by atoms with Gasteiger partial charge in [-0.3, -0.25) is 4.79 Å². The van der Waals surface area contributed by atoms with Gasteiger partial charge in [-0.25, -0.2) is 4.79 Å². The molecular weight excluding hydrogens is 326 g/mol. The number of allylic oxidation sites excluding steroid dienone is 3. The van der Waals surface area contributed by atoms with Crippen molar-refractivity contribution in [2.75, 3.05) is 7.11 Å². The highest BCUT2D eigenvalue weighted by molar-refractivity contribution is 5.96. The molecule has 4 nitrogen and oxygen atoms in total. The number of ketones is 1. The molecule has 1 aliphatic carbocycles. The molecule has 0 saturated heterocycles. The summed E-state index contributed by atoms with van der Waals surface area (Å²) in [5.74, 6) is -0.857. The van der Waals surface area contributed by atoms with E-state index in [1.165, 1.54) is 12.7 Å². The molecule has 0 bridgehead atoms. The topological polar surface area (TPSA) is 55.4 Å². The highest BCUT2D eigenvalue weighted by atomic mass is 16.5. The van der Waals surface area contributed by atoms with Gasteiger partial charge in [-0.05, 0) is 29.9 Å². The van der Waals surface area contributed by atoms with E-state index in [4.69, 9.17) is 4.74 Å². The lowest BCUT2D eigenvalue weighted by atomic mass is 9.70. The lowest BCUT2D eigenvalue weighted by molar-refractivity contribution is -0.136. The zero-order valence-corrected chi connectivity index (χ0v) is 16.2. The minimum absolute atomic E-state index is 0.0509. The van der Waals surface area contributed by atoms with E-state index in [2.05, 4.69) is 44.3 Å². The van der Waals surface area contributed by atoms with Crippen LogP contribution in [0.25, 0.3) is 0 Å². The summed E-state index contributed by atoms with van der Waals surface area (Å²) in [7, 11) is 1.39. The first-order chi connectivity index (χ1) is 12.2. The molecule has 0 spiro atoms. The molecule has 2 aliphatic rings. The molecule has 1 aromatic rings. The quantitative estimate of drug-likeness (QED) is 0.817. The number of ether oxygens (including phenoxy) is 1. The molecule has 1 aliphatic heterocycles. The SMILES string of the molecule is COC(=O)C1=C(C)NC2=CCCC(=O)C2C1c1ccc(C(C)(C)C)cc1. The fraction of sp³-hybridized carbons (Fsp3) is 0.455. The van der Waals surface area contributed by atoms with Crippen molar-refractivity contribution in [1.29, 1.82) is 0 Å². The molecule has 4 heteroatoms. The Balaban J connectivity index is 2.13. The van der Waals surface area contributed by atoms with Crippen molar-refractivity contribution in [2.24, 2.45) is 5.92 Å². The van der Waals surface area contributed by atoms with Crippen LogP contribution in [0.2, 0.25) is 0 Å². The largest absolute Gasteiger partial charge is 0.466 e. The summed E-state index contributed by atoms with van der Waals surface area (Å²) in [4.78, 5) is 25.3. The van der Waals surface area contributed by atoms with Crippen LogP contribution in [0, 0.1) is 5.92 Å². The summed E-state index contributed by atoms with van der Waals surface area (Å²) in [6.45, 7) is 8.38. The molecular formula is C22H27NO3. The number of esters is 1. The normalized spacial score (nSPS) is 23.1. The number of fused-ring (bicyclic) bond motifs is 1. The van der Waals surface area contributed by atoms with Gasteiger partial charge in [0, 0.05) is 23.7 Å². The molecule has 0 amide bonds. The highest BCUT2D eigenvalue weighted by Crippen LogP contribution is 2.44. The van der Waals surface area contributed by atoms with Crippen molar-refractivity contribution in [3.8, 4) is 0 Å². The Morgan fingerprint density at radius 1 is 1.15 bits per heavy atom. The Labute approximate surface area is 155 Å². The van der Waals surface area contributed by atoms with Gasteiger partial charge >= 0.3 is 5.97 Å². The second kappa shape index (κ2) is 6.75. The summed E-state index contributed by atoms with van der Waals surface area (Å²) in [6.07, 6.45) is 3.34. The molecule has 3 rings (SSSR count). The van der Waals surface area contributed by atoms with Crippen LogP contribution in [0.1, 0.15) is 57.6 Å². The van der Waals surface area contributed by atoms with Gasteiger partial charge in [0.2, 0.25) is 0 Å². The molecule has 1 aromatic carbocycles. The van der Waals surface area contributed by atoms with Gasteiger partial charge in [-0.15, -0.1) is 0 Å². The van der Waals surface area contributed by atoms with E-state index >= 15 is 0 Å². The van der Waals surface area contributed by atoms with Gasteiger partial charge < -0.3 is 10.1 Å². The van der Waals surface area contributed by atoms with Crippen molar-refractivity contribution in [3.05, 3.63) is 58.4 Å². The number of carbonyl (C=O) groups excluding carboxylic acids is 2. The Kier molecular flexibility index (Phi) is 4.78. The average Bonchev–Trinajstić information content (AvgIpc) is 2.59. The van der Waals surface area contributed by atoms with E-state index < -0.39 is 0 Å². The zero-order valence-electron chi connectivity index (χ0n) is 16.2. The van der Waals surface area contributed by atoms with Crippen LogP contribution < -0.4 is 5.32 Å². The van der Waals surface area contributed by atoms with Crippen LogP contribution in [-0.4, -0.2) is 18.9 Å². The maximum absolute atomic E-state index is 12.7. The fourth-order valence-electron chi connectivity index (χ4n) is 3.94. The van der Waals surface area contributed by atoms with Crippen LogP contribution in [0.3, 0.4) is 0 Å². The predicted octanol–water partition coefficient (Wildman–Crippen LogP) is 3.98. The van der Waals surface area contributed by atoms with Gasteiger partial charge in [0.15, 0.2) is 0 Å². The van der Waals surface area contributed by atoms with E-state index in [9.17, 15) is 9.59 Å². The molecule has 0 aromatic heterocycles. The molecule has 0 saturated carbocycles. The summed E-state index contributed by atoms with van der Waals surface area (Å²) >= 11 is 0. The smallest absolute Gasteiger partial charge is 0.336 e. The van der Waals surface area contributed by atoms with Crippen molar-refractivity contribution >= 4 is 11.8 Å². The third kappa shape index (κ3) is 3.20. The van der Waals surface area contributed by atoms with Crippen molar-refractivity contribution in [3.63, 3.8) is 0 Å². The van der Waals surface area contributed by atoms with Crippen molar-refractivity contribution in [2.45, 2.75) is 51.9 Å². The Hall–Kier alpha value is -2.36. The third-order valence-corrected chi connectivity index (χ3v) is 5.36. The number of methoxy groups -OCH3 is 1. The first-order valence-electron chi connectivity index (χ1n) is 9.13. The molecule has 2 atom stereocenters. The first kappa shape index (κ1) is 18.4. The van der Waals surface area contributed by atoms with Crippen molar-refractivity contribution in [1.82, 2.24) is 5.32 Å². The van der Waals surface area contributed by atoms with Gasteiger partial charge in [0.25, 0.3) is 0 Å². The average molecular weight is 353 g/mol. The highest BCUT2D eigenvalue weighted by Gasteiger charge is 2.43. The van der Waals surface area contributed by atoms with Gasteiger partial charge in [-0.2, -0.15) is 0 Å². The second-order valence-electron chi connectivity index (χ2n) is 8.15. The molecule has 138 valence electrons. The van der Waals surface area contributed by atoms with Gasteiger partial charge in [0.05, 0.1) is 18.6 Å². The van der Waals surface area contributed by atoms with Crippen LogP contribution in [0.4, 0.5) is 0 Å². The van der Waals surface area contributed by atoms with E-state index in [1.54, 1.807) is 0 Å². The molecule has 1 N–H and O–H groups in total. The number of nitrogens with one attached hydrogen (secondary N) is 1. The summed E-state index contributed by atoms with van der Waals surface area (Å²) < 4.78 is 5.04. The number of hydrogen-bond acceptors (Lipinski definition) is 4. The van der Waals surface area contributed by atoms with Crippen LogP contribution in [0.5, 0.6) is 0 Å². The first-order valence-corrected chi connectivity index (χ1v) is 9.13. The maximum Gasteiger partial charge on any atom is 0.336 e. The van der Waals surface area contributed by atoms with Crippen LogP contribution >= 0.6 is 0 Å². The molecule has 1 heterocycles. The van der Waals surface area contributed by atoms with Crippen LogP contribution in [0.15, 0.2) is 47.3 Å². The molecule has 0 fully saturated rings. The van der Waals surface area contributed by atoms with Crippen LogP contribution in [-0.2, 0) is 19.7 Å². The predicted molar refractivity (Wildman–Crippen MR) is 102 cm³/mol. The van der Waals surface area contributed by atoms with Gasteiger partial charge in [-0.1, -0.05) is 51.1 Å². The van der Waals surface area contributed by atoms with E-state index in [0.717, 1.165) is 23.4 Å². The molecule has 2 unspecified atom stereocenters. The summed E-state index contributed by atoms with van der Waals surface area (Å²) in [5, 5.41) is 3.27. The monoisotopic (exact) mass is 353 g/mol. The second-order valence-corrected chi connectivity index (χ2v) is 8.15. The molecule has 0 radical (unpaired) electrons. The summed E-state index contributed by atoms with van der Waals surface area (Å²) in [5.41, 5.74) is 4.48. The summed E-state index contributed by atoms with van der Waals surface area (Å²) in [6, 6.07) is 8.29. The lowest BCUT2D eigenvalue weighted by Crippen LogP contribution is -2.40. The lowest BCUT2D eigenvalue weighted by Gasteiger charge is -2.38. The minimum atomic E-state index is -0.377. The van der Waals surface area contributed by atoms with Crippen molar-refractivity contribution < 1.29 is 14.3 Å².